The number of rotatable bonds is 8. The van der Waals surface area contributed by atoms with Crippen LogP contribution in [0.2, 0.25) is 0 Å². The number of aromatic nitrogens is 2. The van der Waals surface area contributed by atoms with Crippen LogP contribution in [0, 0.1) is 5.92 Å². The summed E-state index contributed by atoms with van der Waals surface area (Å²) >= 11 is 0. The molecule has 1 fully saturated rings. The summed E-state index contributed by atoms with van der Waals surface area (Å²) in [5.41, 5.74) is 2.82. The second-order valence-electron chi connectivity index (χ2n) is 10.8. The van der Waals surface area contributed by atoms with Crippen LogP contribution in [0.1, 0.15) is 53.1 Å². The fraction of sp³-hybridized carbons (Fsp3) is 0.379. The summed E-state index contributed by atoms with van der Waals surface area (Å²) in [5, 5.41) is 9.42. The minimum Gasteiger partial charge on any atom is -0.447 e. The third-order valence-electron chi connectivity index (χ3n) is 6.12. The van der Waals surface area contributed by atoms with Crippen molar-refractivity contribution in [3.8, 4) is 0 Å². The molecule has 206 valence electrons. The molecule has 3 aromatic rings. The van der Waals surface area contributed by atoms with Gasteiger partial charge in [0, 0.05) is 23.3 Å². The molecule has 1 aliphatic rings. The van der Waals surface area contributed by atoms with Gasteiger partial charge in [-0.15, -0.1) is 0 Å². The van der Waals surface area contributed by atoms with Gasteiger partial charge in [-0.2, -0.15) is 4.98 Å². The quantitative estimate of drug-likeness (QED) is 0.293. The van der Waals surface area contributed by atoms with E-state index in [0.29, 0.717) is 24.1 Å². The van der Waals surface area contributed by atoms with Crippen molar-refractivity contribution in [1.82, 2.24) is 9.97 Å². The zero-order chi connectivity index (χ0) is 28.2. The normalized spacial score (nSPS) is 16.0. The molecule has 2 amide bonds. The van der Waals surface area contributed by atoms with E-state index in [-0.39, 0.29) is 24.1 Å². The highest BCUT2D eigenvalue weighted by Crippen LogP contribution is 2.27. The Morgan fingerprint density at radius 3 is 2.46 bits per heavy atom. The van der Waals surface area contributed by atoms with Gasteiger partial charge in [0.1, 0.15) is 18.0 Å². The van der Waals surface area contributed by atoms with Crippen LogP contribution in [0.5, 0.6) is 0 Å². The van der Waals surface area contributed by atoms with Crippen molar-refractivity contribution < 1.29 is 19.1 Å². The zero-order valence-corrected chi connectivity index (χ0v) is 23.2. The summed E-state index contributed by atoms with van der Waals surface area (Å²) in [5.74, 6) is 1.18. The van der Waals surface area contributed by atoms with E-state index in [0.717, 1.165) is 16.9 Å². The minimum atomic E-state index is -0.568. The molecule has 0 unspecified atom stereocenters. The summed E-state index contributed by atoms with van der Waals surface area (Å²) in [6.45, 7) is 11.9. The number of ether oxygens (including phenoxy) is 2. The van der Waals surface area contributed by atoms with Crippen LogP contribution in [0.3, 0.4) is 0 Å². The maximum absolute atomic E-state index is 12.3. The monoisotopic (exact) mass is 532 g/mol. The Hall–Kier alpha value is -4.34. The fourth-order valence-corrected chi connectivity index (χ4v) is 4.14. The SMILES string of the molecule is CC(C)[C@H]1COC(=O)N1c1ccnc(N[C@@H](C)c2ccc(Nc3cccc(NC(=O)OC(C)(C)C)c3)cc2)n1. The van der Waals surface area contributed by atoms with Crippen molar-refractivity contribution >= 4 is 41.0 Å². The maximum atomic E-state index is 12.3. The second kappa shape index (κ2) is 11.6. The smallest absolute Gasteiger partial charge is 0.415 e. The zero-order valence-electron chi connectivity index (χ0n) is 23.2. The highest BCUT2D eigenvalue weighted by molar-refractivity contribution is 5.89. The number of nitrogens with zero attached hydrogens (tertiary/aromatic N) is 3. The number of hydrogen-bond acceptors (Lipinski definition) is 8. The number of carbonyl (C=O) groups is 2. The van der Waals surface area contributed by atoms with E-state index >= 15 is 0 Å². The lowest BCUT2D eigenvalue weighted by Crippen LogP contribution is -2.37. The van der Waals surface area contributed by atoms with E-state index in [9.17, 15) is 9.59 Å². The molecular formula is C29H36N6O4. The van der Waals surface area contributed by atoms with E-state index < -0.39 is 11.7 Å². The van der Waals surface area contributed by atoms with Crippen LogP contribution in [-0.2, 0) is 9.47 Å². The molecule has 10 heteroatoms. The molecule has 3 N–H and O–H groups in total. The molecule has 4 rings (SSSR count). The number of cyclic esters (lactones) is 1. The first-order valence-electron chi connectivity index (χ1n) is 13.0. The van der Waals surface area contributed by atoms with Gasteiger partial charge in [0.05, 0.1) is 12.1 Å². The lowest BCUT2D eigenvalue weighted by atomic mass is 10.0. The van der Waals surface area contributed by atoms with Crippen molar-refractivity contribution in [2.45, 2.75) is 59.2 Å². The molecule has 1 saturated heterocycles. The Balaban J connectivity index is 1.38. The molecule has 2 heterocycles. The third-order valence-corrected chi connectivity index (χ3v) is 6.12. The van der Waals surface area contributed by atoms with Crippen LogP contribution in [-0.4, -0.2) is 40.4 Å². The van der Waals surface area contributed by atoms with Gasteiger partial charge >= 0.3 is 12.2 Å². The molecule has 10 nitrogen and oxygen atoms in total. The minimum absolute atomic E-state index is 0.0634. The van der Waals surface area contributed by atoms with Gasteiger partial charge in [0.15, 0.2) is 0 Å². The number of anilines is 5. The third kappa shape index (κ3) is 7.37. The van der Waals surface area contributed by atoms with Gasteiger partial charge < -0.3 is 20.1 Å². The van der Waals surface area contributed by atoms with Gasteiger partial charge in [-0.05, 0) is 75.6 Å². The average molecular weight is 533 g/mol. The molecule has 0 spiro atoms. The van der Waals surface area contributed by atoms with Crippen molar-refractivity contribution in [2.75, 3.05) is 27.5 Å². The summed E-state index contributed by atoms with van der Waals surface area (Å²) in [6, 6.07) is 17.0. The predicted octanol–water partition coefficient (Wildman–Crippen LogP) is 6.72. The van der Waals surface area contributed by atoms with E-state index in [1.807, 2.05) is 70.2 Å². The summed E-state index contributed by atoms with van der Waals surface area (Å²) in [4.78, 5) is 34.9. The van der Waals surface area contributed by atoms with Crippen molar-refractivity contribution in [3.63, 3.8) is 0 Å². The molecule has 0 saturated carbocycles. The highest BCUT2D eigenvalue weighted by Gasteiger charge is 2.37. The van der Waals surface area contributed by atoms with Crippen LogP contribution in [0.15, 0.2) is 60.8 Å². The molecule has 0 bridgehead atoms. The summed E-state index contributed by atoms with van der Waals surface area (Å²) in [6.07, 6.45) is 0.750. The molecule has 2 atom stereocenters. The van der Waals surface area contributed by atoms with Gasteiger partial charge in [-0.25, -0.2) is 14.6 Å². The molecule has 39 heavy (non-hydrogen) atoms. The lowest BCUT2D eigenvalue weighted by Gasteiger charge is -2.23. The molecule has 0 radical (unpaired) electrons. The number of nitrogens with one attached hydrogen (secondary N) is 3. The Kier molecular flexibility index (Phi) is 8.23. The standard InChI is InChI=1S/C29H36N6O4/c1-18(2)24-17-38-28(37)35(24)25-14-15-30-26(34-25)31-19(3)20-10-12-21(13-11-20)32-22-8-7-9-23(16-22)33-27(36)39-29(4,5)6/h7-16,18-19,24,32H,17H2,1-6H3,(H,33,36)(H,30,31,34)/t19-,24+/m0/s1. The van der Waals surface area contributed by atoms with Crippen LogP contribution in [0.4, 0.5) is 38.4 Å². The van der Waals surface area contributed by atoms with E-state index in [1.165, 1.54) is 0 Å². The van der Waals surface area contributed by atoms with Crippen LogP contribution < -0.4 is 20.9 Å². The summed E-state index contributed by atoms with van der Waals surface area (Å²) < 4.78 is 10.6. The van der Waals surface area contributed by atoms with Crippen molar-refractivity contribution in [1.29, 1.82) is 0 Å². The van der Waals surface area contributed by atoms with Gasteiger partial charge in [0.25, 0.3) is 0 Å². The van der Waals surface area contributed by atoms with Gasteiger partial charge in [-0.1, -0.05) is 32.0 Å². The largest absolute Gasteiger partial charge is 0.447 e. The highest BCUT2D eigenvalue weighted by atomic mass is 16.6. The van der Waals surface area contributed by atoms with E-state index in [1.54, 1.807) is 23.2 Å². The van der Waals surface area contributed by atoms with Crippen LogP contribution in [0.25, 0.3) is 0 Å². The molecule has 2 aromatic carbocycles. The average Bonchev–Trinajstić information content (AvgIpc) is 3.25. The van der Waals surface area contributed by atoms with E-state index in [2.05, 4.69) is 39.8 Å². The maximum Gasteiger partial charge on any atom is 0.415 e. The fourth-order valence-electron chi connectivity index (χ4n) is 4.14. The van der Waals surface area contributed by atoms with Crippen molar-refractivity contribution in [2.24, 2.45) is 5.92 Å². The number of carbonyl (C=O) groups excluding carboxylic acids is 2. The molecule has 1 aliphatic heterocycles. The lowest BCUT2D eigenvalue weighted by molar-refractivity contribution is 0.0636. The van der Waals surface area contributed by atoms with E-state index in [4.69, 9.17) is 9.47 Å². The number of benzene rings is 2. The molecule has 0 aliphatic carbocycles. The Labute approximate surface area is 229 Å². The van der Waals surface area contributed by atoms with Crippen LogP contribution >= 0.6 is 0 Å². The number of amides is 2. The summed E-state index contributed by atoms with van der Waals surface area (Å²) in [7, 11) is 0. The first-order chi connectivity index (χ1) is 18.5. The Morgan fingerprint density at radius 1 is 1.05 bits per heavy atom. The van der Waals surface area contributed by atoms with Crippen molar-refractivity contribution in [3.05, 3.63) is 66.4 Å². The Morgan fingerprint density at radius 2 is 1.77 bits per heavy atom. The first kappa shape index (κ1) is 27.7. The first-order valence-corrected chi connectivity index (χ1v) is 13.0. The Bertz CT molecular complexity index is 1310. The second-order valence-corrected chi connectivity index (χ2v) is 10.8. The predicted molar refractivity (Wildman–Crippen MR) is 153 cm³/mol. The van der Waals surface area contributed by atoms with Gasteiger partial charge in [0.2, 0.25) is 5.95 Å². The topological polar surface area (TPSA) is 118 Å². The number of hydrogen-bond donors (Lipinski definition) is 3. The van der Waals surface area contributed by atoms with Gasteiger partial charge in [-0.3, -0.25) is 10.2 Å². The molecular weight excluding hydrogens is 496 g/mol. The molecule has 1 aromatic heterocycles.